The number of hydrogen-bond donors (Lipinski definition) is 1. The van der Waals surface area contributed by atoms with Crippen LogP contribution in [0.25, 0.3) is 0 Å². The Morgan fingerprint density at radius 3 is 2.60 bits per heavy atom. The number of epoxide rings is 1. The van der Waals surface area contributed by atoms with E-state index in [1.165, 1.54) is 0 Å². The monoisotopic (exact) mass is 213 g/mol. The van der Waals surface area contributed by atoms with Gasteiger partial charge in [0.15, 0.2) is 5.60 Å². The lowest BCUT2D eigenvalue weighted by Crippen LogP contribution is -2.41. The minimum absolute atomic E-state index is 0.0835. The number of ether oxygens (including phenoxy) is 1. The van der Waals surface area contributed by atoms with E-state index in [1.54, 1.807) is 0 Å². The van der Waals surface area contributed by atoms with E-state index in [-0.39, 0.29) is 5.91 Å². The molecule has 2 rings (SSSR count). The summed E-state index contributed by atoms with van der Waals surface area (Å²) in [6.07, 6.45) is 2.30. The normalized spacial score (nSPS) is 41.1. The maximum absolute atomic E-state index is 12.0. The molecular weight excluding hydrogens is 194 g/mol. The smallest absolute Gasteiger partial charge is 0.256 e. The van der Waals surface area contributed by atoms with Crippen molar-refractivity contribution in [3.63, 3.8) is 0 Å². The Morgan fingerprint density at radius 2 is 2.00 bits per heavy atom. The Kier molecular flexibility index (Phi) is 2.51. The quantitative estimate of drug-likeness (QED) is 0.647. The van der Waals surface area contributed by atoms with Crippen LogP contribution in [0.15, 0.2) is 0 Å². The number of aliphatic hydroxyl groups is 1. The molecule has 1 amide bonds. The van der Waals surface area contributed by atoms with Crippen LogP contribution in [0.2, 0.25) is 0 Å². The second-order valence-corrected chi connectivity index (χ2v) is 5.16. The summed E-state index contributed by atoms with van der Waals surface area (Å²) in [5.41, 5.74) is -1.17. The highest BCUT2D eigenvalue weighted by Gasteiger charge is 2.49. The number of nitrogens with zero attached hydrogens (tertiary/aromatic N) is 1. The van der Waals surface area contributed by atoms with E-state index in [2.05, 4.69) is 0 Å². The van der Waals surface area contributed by atoms with Crippen molar-refractivity contribution in [2.75, 3.05) is 19.7 Å². The van der Waals surface area contributed by atoms with Crippen LogP contribution >= 0.6 is 0 Å². The van der Waals surface area contributed by atoms with E-state index in [1.807, 2.05) is 18.7 Å². The molecule has 1 N–H and O–H groups in total. The Morgan fingerprint density at radius 1 is 1.33 bits per heavy atom. The number of carbonyl (C=O) groups is 1. The summed E-state index contributed by atoms with van der Waals surface area (Å²) in [5, 5.41) is 9.90. The van der Waals surface area contributed by atoms with Crippen molar-refractivity contribution >= 4 is 5.91 Å². The van der Waals surface area contributed by atoms with Gasteiger partial charge < -0.3 is 14.7 Å². The molecule has 0 saturated carbocycles. The molecule has 2 aliphatic heterocycles. The fraction of sp³-hybridized carbons (Fsp3) is 0.909. The van der Waals surface area contributed by atoms with Crippen LogP contribution in [0.5, 0.6) is 0 Å². The molecule has 0 aliphatic carbocycles. The third-order valence-electron chi connectivity index (χ3n) is 3.38. The topological polar surface area (TPSA) is 53.1 Å². The maximum atomic E-state index is 12.0. The molecule has 2 unspecified atom stereocenters. The summed E-state index contributed by atoms with van der Waals surface area (Å²) < 4.78 is 5.15. The van der Waals surface area contributed by atoms with Gasteiger partial charge in [0.05, 0.1) is 12.2 Å². The van der Waals surface area contributed by atoms with E-state index in [4.69, 9.17) is 4.74 Å². The van der Waals surface area contributed by atoms with Crippen molar-refractivity contribution in [2.24, 2.45) is 0 Å². The van der Waals surface area contributed by atoms with Gasteiger partial charge in [-0.1, -0.05) is 0 Å². The first kappa shape index (κ1) is 10.9. The first-order valence-corrected chi connectivity index (χ1v) is 5.59. The van der Waals surface area contributed by atoms with Crippen LogP contribution < -0.4 is 0 Å². The number of hydrogen-bond acceptors (Lipinski definition) is 3. The number of rotatable bonds is 1. The van der Waals surface area contributed by atoms with E-state index in [0.717, 1.165) is 19.4 Å². The van der Waals surface area contributed by atoms with Crippen molar-refractivity contribution in [1.82, 2.24) is 4.90 Å². The fourth-order valence-corrected chi connectivity index (χ4v) is 2.03. The molecule has 0 aromatic rings. The molecule has 0 aromatic carbocycles. The Labute approximate surface area is 90.2 Å². The zero-order valence-electron chi connectivity index (χ0n) is 9.45. The van der Waals surface area contributed by atoms with Crippen molar-refractivity contribution in [2.45, 2.75) is 44.3 Å². The predicted molar refractivity (Wildman–Crippen MR) is 55.4 cm³/mol. The number of likely N-dealkylation sites (tertiary alicyclic amines) is 1. The first-order valence-electron chi connectivity index (χ1n) is 5.59. The molecule has 4 nitrogen and oxygen atoms in total. The van der Waals surface area contributed by atoms with Crippen LogP contribution in [0.3, 0.4) is 0 Å². The van der Waals surface area contributed by atoms with Gasteiger partial charge in [-0.25, -0.2) is 0 Å². The average molecular weight is 213 g/mol. The average Bonchev–Trinajstić information content (AvgIpc) is 2.91. The van der Waals surface area contributed by atoms with Gasteiger partial charge in [-0.15, -0.1) is 0 Å². The third kappa shape index (κ3) is 2.32. The Hall–Kier alpha value is -0.610. The molecule has 86 valence electrons. The van der Waals surface area contributed by atoms with Crippen LogP contribution in [0.1, 0.15) is 33.1 Å². The van der Waals surface area contributed by atoms with Gasteiger partial charge >= 0.3 is 0 Å². The highest BCUT2D eigenvalue weighted by atomic mass is 16.6. The summed E-state index contributed by atoms with van der Waals surface area (Å²) in [4.78, 5) is 13.8. The standard InChI is InChI=1S/C11H19NO3/c1-10(14)4-3-6-12(7-5-10)9(13)11(2)8-15-11/h14H,3-8H2,1-2H3. The molecule has 2 atom stereocenters. The Balaban J connectivity index is 1.96. The van der Waals surface area contributed by atoms with Gasteiger partial charge in [0.25, 0.3) is 5.91 Å². The second kappa shape index (κ2) is 3.46. The largest absolute Gasteiger partial charge is 0.390 e. The molecule has 0 spiro atoms. The van der Waals surface area contributed by atoms with Crippen LogP contribution in [0.4, 0.5) is 0 Å². The van der Waals surface area contributed by atoms with Crippen LogP contribution in [0, 0.1) is 0 Å². The molecular formula is C11H19NO3. The maximum Gasteiger partial charge on any atom is 0.256 e. The molecule has 4 heteroatoms. The lowest BCUT2D eigenvalue weighted by molar-refractivity contribution is -0.136. The van der Waals surface area contributed by atoms with Crippen molar-refractivity contribution in [1.29, 1.82) is 0 Å². The SMILES string of the molecule is CC1(O)CCCN(C(=O)C2(C)CO2)CC1. The fourth-order valence-electron chi connectivity index (χ4n) is 2.03. The number of amides is 1. The van der Waals surface area contributed by atoms with E-state index >= 15 is 0 Å². The highest BCUT2D eigenvalue weighted by molar-refractivity contribution is 5.87. The van der Waals surface area contributed by atoms with Crippen molar-refractivity contribution in [3.8, 4) is 0 Å². The molecule has 0 radical (unpaired) electrons. The molecule has 0 aromatic heterocycles. The van der Waals surface area contributed by atoms with E-state index < -0.39 is 11.2 Å². The number of carbonyl (C=O) groups excluding carboxylic acids is 1. The van der Waals surface area contributed by atoms with Crippen LogP contribution in [-0.4, -0.2) is 46.8 Å². The van der Waals surface area contributed by atoms with Gasteiger partial charge in [0.2, 0.25) is 0 Å². The van der Waals surface area contributed by atoms with Crippen LogP contribution in [-0.2, 0) is 9.53 Å². The van der Waals surface area contributed by atoms with E-state index in [9.17, 15) is 9.90 Å². The van der Waals surface area contributed by atoms with E-state index in [0.29, 0.717) is 19.6 Å². The molecule has 2 heterocycles. The Bertz CT molecular complexity index is 271. The summed E-state index contributed by atoms with van der Waals surface area (Å²) in [7, 11) is 0. The van der Waals surface area contributed by atoms with Gasteiger partial charge in [-0.2, -0.15) is 0 Å². The molecule has 2 aliphatic rings. The third-order valence-corrected chi connectivity index (χ3v) is 3.38. The minimum atomic E-state index is -0.611. The zero-order valence-corrected chi connectivity index (χ0v) is 9.45. The minimum Gasteiger partial charge on any atom is -0.390 e. The molecule has 15 heavy (non-hydrogen) atoms. The predicted octanol–water partition coefficient (Wildman–Crippen LogP) is 0.539. The molecule has 0 bridgehead atoms. The second-order valence-electron chi connectivity index (χ2n) is 5.16. The summed E-state index contributed by atoms with van der Waals surface area (Å²) in [5.74, 6) is 0.0835. The van der Waals surface area contributed by atoms with Gasteiger partial charge in [0, 0.05) is 13.1 Å². The molecule has 2 saturated heterocycles. The van der Waals surface area contributed by atoms with Crippen molar-refractivity contribution in [3.05, 3.63) is 0 Å². The van der Waals surface area contributed by atoms with Crippen molar-refractivity contribution < 1.29 is 14.6 Å². The lowest BCUT2D eigenvalue weighted by atomic mass is 9.98. The van der Waals surface area contributed by atoms with Gasteiger partial charge in [-0.05, 0) is 33.1 Å². The summed E-state index contributed by atoms with van der Waals surface area (Å²) in [6.45, 7) is 5.60. The summed E-state index contributed by atoms with van der Waals surface area (Å²) >= 11 is 0. The lowest BCUT2D eigenvalue weighted by Gasteiger charge is -2.23. The zero-order chi connectivity index (χ0) is 11.1. The van der Waals surface area contributed by atoms with Gasteiger partial charge in [-0.3, -0.25) is 4.79 Å². The molecule has 2 fully saturated rings. The first-order chi connectivity index (χ1) is 6.93. The summed E-state index contributed by atoms with van der Waals surface area (Å²) in [6, 6.07) is 0. The highest BCUT2D eigenvalue weighted by Crippen LogP contribution is 2.30. The van der Waals surface area contributed by atoms with Gasteiger partial charge in [0.1, 0.15) is 0 Å².